The fraction of sp³-hybridized carbons (Fsp3) is 0.188. The minimum Gasteiger partial charge on any atom is -1.00 e. The lowest BCUT2D eigenvalue weighted by Crippen LogP contribution is -3.00. The lowest BCUT2D eigenvalue weighted by Gasteiger charge is -1.97. The quantitative estimate of drug-likeness (QED) is 0.234. The molecule has 0 unspecified atom stereocenters. The number of aromatic nitrogens is 1. The van der Waals surface area contributed by atoms with Crippen LogP contribution in [0.2, 0.25) is 0 Å². The Kier molecular flexibility index (Phi) is 6.17. The molecule has 0 saturated carbocycles. The van der Waals surface area contributed by atoms with Crippen LogP contribution < -0.4 is 17.0 Å². The highest BCUT2D eigenvalue weighted by Gasteiger charge is 2.42. The Morgan fingerprint density at radius 2 is 2.00 bits per heavy atom. The summed E-state index contributed by atoms with van der Waals surface area (Å²) in [4.78, 5) is 35.7. The number of ether oxygens (including phenoxy) is 1. The van der Waals surface area contributed by atoms with E-state index in [1.165, 1.54) is 39.8 Å². The molecular formula is C16H13ClN2O5S2. The van der Waals surface area contributed by atoms with Crippen molar-refractivity contribution in [3.05, 3.63) is 55.4 Å². The van der Waals surface area contributed by atoms with Gasteiger partial charge in [0, 0.05) is 30.8 Å². The van der Waals surface area contributed by atoms with Gasteiger partial charge in [0.05, 0.1) is 11.5 Å². The highest BCUT2D eigenvalue weighted by atomic mass is 35.5. The number of nitro benzene ring substituents is 1. The van der Waals surface area contributed by atoms with Crippen molar-refractivity contribution < 1.29 is 36.2 Å². The third-order valence-electron chi connectivity index (χ3n) is 3.51. The molecule has 0 amide bonds. The van der Waals surface area contributed by atoms with Crippen LogP contribution in [0.3, 0.4) is 0 Å². The summed E-state index contributed by atoms with van der Waals surface area (Å²) >= 11 is 2.49. The number of nitro groups is 1. The molecule has 0 radical (unpaired) electrons. The molecule has 0 saturated heterocycles. The number of nitrogens with zero attached hydrogens (tertiary/aromatic N) is 2. The van der Waals surface area contributed by atoms with E-state index in [0.717, 1.165) is 0 Å². The molecule has 10 heteroatoms. The molecule has 26 heavy (non-hydrogen) atoms. The number of esters is 1. The standard InChI is InChI=1S/C16H13N2O5S2.ClH/c1-3-23-15(20)13-9(2)17-14(19)12(24-16(17)25-13)8-10-4-6-11(7-5-10)18(21)22;/h4-8H,3H2,1-2H3;1H/q+1;/p-1. The van der Waals surface area contributed by atoms with E-state index in [1.54, 1.807) is 32.1 Å². The average molecular weight is 413 g/mol. The van der Waals surface area contributed by atoms with Crippen LogP contribution in [0.4, 0.5) is 5.69 Å². The van der Waals surface area contributed by atoms with Crippen molar-refractivity contribution in [3.8, 4) is 0 Å². The third-order valence-corrected chi connectivity index (χ3v) is 5.90. The number of hydrogen-bond acceptors (Lipinski definition) is 7. The molecule has 2 aromatic rings. The molecule has 0 atom stereocenters. The van der Waals surface area contributed by atoms with Gasteiger partial charge in [-0.3, -0.25) is 10.1 Å². The molecule has 136 valence electrons. The molecule has 1 aromatic heterocycles. The zero-order valence-corrected chi connectivity index (χ0v) is 16.1. The van der Waals surface area contributed by atoms with Gasteiger partial charge < -0.3 is 17.1 Å². The number of non-ortho nitro benzene ring substituents is 1. The molecule has 0 N–H and O–H groups in total. The molecule has 2 heterocycles. The second-order valence-corrected chi connectivity index (χ2v) is 7.39. The van der Waals surface area contributed by atoms with Gasteiger partial charge in [0.1, 0.15) is 4.91 Å². The summed E-state index contributed by atoms with van der Waals surface area (Å²) in [7, 11) is 0. The van der Waals surface area contributed by atoms with Crippen molar-refractivity contribution in [3.63, 3.8) is 0 Å². The lowest BCUT2D eigenvalue weighted by molar-refractivity contribution is -0.606. The van der Waals surface area contributed by atoms with Gasteiger partial charge in [0.15, 0.2) is 4.88 Å². The average Bonchev–Trinajstić information content (AvgIpc) is 3.06. The predicted octanol–water partition coefficient (Wildman–Crippen LogP) is 0.220. The van der Waals surface area contributed by atoms with Crippen LogP contribution in [0, 0.1) is 17.0 Å². The Labute approximate surface area is 163 Å². The maximum atomic E-state index is 12.6. The Balaban J connectivity index is 0.00000243. The second-order valence-electron chi connectivity index (χ2n) is 5.10. The fourth-order valence-electron chi connectivity index (χ4n) is 2.32. The Morgan fingerprint density at radius 1 is 1.35 bits per heavy atom. The predicted molar refractivity (Wildman–Crippen MR) is 92.8 cm³/mol. The molecule has 0 bridgehead atoms. The number of halogens is 1. The summed E-state index contributed by atoms with van der Waals surface area (Å²) in [6.07, 6.45) is 1.68. The maximum Gasteiger partial charge on any atom is 0.433 e. The fourth-order valence-corrected chi connectivity index (χ4v) is 4.74. The minimum absolute atomic E-state index is 0. The Morgan fingerprint density at radius 3 is 2.54 bits per heavy atom. The lowest BCUT2D eigenvalue weighted by atomic mass is 10.2. The molecule has 0 spiro atoms. The van der Waals surface area contributed by atoms with Crippen LogP contribution in [-0.2, 0) is 4.74 Å². The molecule has 0 aliphatic carbocycles. The summed E-state index contributed by atoms with van der Waals surface area (Å²) in [6, 6.07) is 5.97. The molecule has 1 aliphatic rings. The Bertz CT molecular complexity index is 921. The van der Waals surface area contributed by atoms with Gasteiger partial charge >= 0.3 is 16.2 Å². The van der Waals surface area contributed by atoms with Crippen LogP contribution in [0.25, 0.3) is 6.08 Å². The SMILES string of the molecule is CCOC(=O)c1sc2[n+](c1C)C(=O)C(=Cc1ccc([N+](=O)[O-])cc1)S2.[Cl-]. The van der Waals surface area contributed by atoms with E-state index in [9.17, 15) is 19.7 Å². The highest BCUT2D eigenvalue weighted by molar-refractivity contribution is 8.05. The van der Waals surface area contributed by atoms with Crippen molar-refractivity contribution in [1.29, 1.82) is 0 Å². The molecule has 1 aliphatic heterocycles. The van der Waals surface area contributed by atoms with Gasteiger partial charge in [-0.05, 0) is 42.0 Å². The highest BCUT2D eigenvalue weighted by Crippen LogP contribution is 2.38. The number of thioether (sulfide) groups is 1. The van der Waals surface area contributed by atoms with Gasteiger partial charge in [-0.1, -0.05) is 0 Å². The van der Waals surface area contributed by atoms with Crippen LogP contribution >= 0.6 is 23.1 Å². The summed E-state index contributed by atoms with van der Waals surface area (Å²) in [5, 5.41) is 10.7. The van der Waals surface area contributed by atoms with Crippen molar-refractivity contribution in [1.82, 2.24) is 0 Å². The number of thiazole rings is 1. The zero-order chi connectivity index (χ0) is 18.1. The summed E-state index contributed by atoms with van der Waals surface area (Å²) < 4.78 is 7.19. The van der Waals surface area contributed by atoms with Crippen molar-refractivity contribution in [2.45, 2.75) is 18.2 Å². The first-order valence-corrected chi connectivity index (χ1v) is 8.97. The summed E-state index contributed by atoms with van der Waals surface area (Å²) in [6.45, 7) is 3.71. The number of fused-ring (bicyclic) bond motifs is 1. The summed E-state index contributed by atoms with van der Waals surface area (Å²) in [5.74, 6) is -0.649. The number of benzene rings is 1. The normalized spacial score (nSPS) is 14.1. The van der Waals surface area contributed by atoms with Crippen molar-refractivity contribution in [2.75, 3.05) is 6.61 Å². The van der Waals surface area contributed by atoms with Crippen molar-refractivity contribution >= 4 is 46.7 Å². The molecule has 0 fully saturated rings. The van der Waals surface area contributed by atoms with E-state index in [2.05, 4.69) is 0 Å². The maximum absolute atomic E-state index is 12.6. The Hall–Kier alpha value is -2.23. The van der Waals surface area contributed by atoms with E-state index < -0.39 is 10.9 Å². The topological polar surface area (TPSA) is 90.4 Å². The van der Waals surface area contributed by atoms with E-state index in [1.807, 2.05) is 0 Å². The van der Waals surface area contributed by atoms with Gasteiger partial charge in [-0.25, -0.2) is 9.59 Å². The monoisotopic (exact) mass is 412 g/mol. The van der Waals surface area contributed by atoms with Gasteiger partial charge in [-0.2, -0.15) is 0 Å². The first-order valence-electron chi connectivity index (χ1n) is 7.33. The third kappa shape index (κ3) is 3.64. The van der Waals surface area contributed by atoms with Crippen LogP contribution in [-0.4, -0.2) is 23.4 Å². The first-order chi connectivity index (χ1) is 11.9. The van der Waals surface area contributed by atoms with E-state index in [4.69, 9.17) is 4.74 Å². The van der Waals surface area contributed by atoms with Crippen LogP contribution in [0.5, 0.6) is 0 Å². The molecular weight excluding hydrogens is 400 g/mol. The number of rotatable bonds is 4. The number of carbonyl (C=O) groups excluding carboxylic acids is 2. The summed E-state index contributed by atoms with van der Waals surface area (Å²) in [5.41, 5.74) is 1.25. The van der Waals surface area contributed by atoms with Gasteiger partial charge in [-0.15, -0.1) is 4.57 Å². The number of carbonyl (C=O) groups is 2. The van der Waals surface area contributed by atoms with E-state index in [-0.39, 0.29) is 30.6 Å². The number of hydrogen-bond donors (Lipinski definition) is 0. The molecule has 3 rings (SSSR count). The first kappa shape index (κ1) is 20.1. The van der Waals surface area contributed by atoms with Crippen LogP contribution in [0.15, 0.2) is 33.5 Å². The number of allylic oxidation sites excluding steroid dienone is 1. The van der Waals surface area contributed by atoms with Gasteiger partial charge in [0.2, 0.25) is 5.69 Å². The van der Waals surface area contributed by atoms with Crippen molar-refractivity contribution in [2.24, 2.45) is 0 Å². The second kappa shape index (κ2) is 7.98. The minimum atomic E-state index is -0.472. The largest absolute Gasteiger partial charge is 1.00 e. The van der Waals surface area contributed by atoms with E-state index >= 15 is 0 Å². The smallest absolute Gasteiger partial charge is 0.433 e. The zero-order valence-electron chi connectivity index (χ0n) is 13.7. The van der Waals surface area contributed by atoms with E-state index in [0.29, 0.717) is 25.4 Å². The van der Waals surface area contributed by atoms with Crippen LogP contribution in [0.1, 0.15) is 32.6 Å². The molecule has 1 aromatic carbocycles. The van der Waals surface area contributed by atoms with Gasteiger partial charge in [0.25, 0.3) is 5.69 Å². The molecule has 7 nitrogen and oxygen atoms in total.